The molecular formula is C42H69NO4. The molecule has 0 amide bonds. The number of hydrogen-bond acceptors (Lipinski definition) is 4. The van der Waals surface area contributed by atoms with Gasteiger partial charge in [0.15, 0.2) is 0 Å². The minimum atomic E-state index is -1.11. The fourth-order valence-electron chi connectivity index (χ4n) is 14.1. The van der Waals surface area contributed by atoms with E-state index in [0.717, 1.165) is 24.7 Å². The summed E-state index contributed by atoms with van der Waals surface area (Å²) in [5, 5.41) is 9.60. The monoisotopic (exact) mass is 652 g/mol. The number of fused-ring (bicyclic) bond motifs is 7. The van der Waals surface area contributed by atoms with Gasteiger partial charge in [-0.1, -0.05) is 53.2 Å². The zero-order valence-corrected chi connectivity index (χ0v) is 31.5. The number of carboxylic acids is 1. The van der Waals surface area contributed by atoms with Crippen LogP contribution in [0.25, 0.3) is 0 Å². The van der Waals surface area contributed by atoms with E-state index in [9.17, 15) is 14.7 Å². The Balaban J connectivity index is 1.23. The fourth-order valence-corrected chi connectivity index (χ4v) is 14.1. The molecule has 266 valence electrons. The van der Waals surface area contributed by atoms with Crippen molar-refractivity contribution in [1.82, 2.24) is 4.90 Å². The first-order valence-corrected chi connectivity index (χ1v) is 19.7. The quantitative estimate of drug-likeness (QED) is 0.209. The van der Waals surface area contributed by atoms with E-state index in [0.29, 0.717) is 34.0 Å². The third kappa shape index (κ3) is 5.58. The standard InChI is InChI=1S/C42H69NO4/c1-28(2)29-15-20-42(23-26-43-24-11-10-12-25-43)22-21-40(8)30(35(29)42)13-14-32-39(7)18-17-33(47-34(44)27-37(3,4)36(45)46)38(5,6)31(39)16-19-41(32,40)9/h29-33,35H,1,10-27H2,2-9H3,(H,45,46)/t29-,30+,31?,32?,33-,35+,39-,40+,41+,42+/m0/s1. The third-order valence-corrected chi connectivity index (χ3v) is 17.0. The highest BCUT2D eigenvalue weighted by Gasteiger charge is 2.71. The molecule has 47 heavy (non-hydrogen) atoms. The molecule has 1 N–H and O–H groups in total. The number of rotatable bonds is 8. The largest absolute Gasteiger partial charge is 0.481 e. The van der Waals surface area contributed by atoms with Gasteiger partial charge in [-0.25, -0.2) is 0 Å². The van der Waals surface area contributed by atoms with Gasteiger partial charge in [-0.2, -0.15) is 0 Å². The predicted octanol–water partition coefficient (Wildman–Crippen LogP) is 9.93. The van der Waals surface area contributed by atoms with Crippen molar-refractivity contribution in [2.75, 3.05) is 19.6 Å². The number of hydrogen-bond donors (Lipinski definition) is 1. The number of allylic oxidation sites excluding steroid dienone is 1. The van der Waals surface area contributed by atoms with E-state index in [1.807, 2.05) is 0 Å². The van der Waals surface area contributed by atoms with Gasteiger partial charge < -0.3 is 14.7 Å². The van der Waals surface area contributed by atoms with Crippen LogP contribution < -0.4 is 0 Å². The smallest absolute Gasteiger partial charge is 0.309 e. The molecule has 1 heterocycles. The van der Waals surface area contributed by atoms with Gasteiger partial charge in [0.25, 0.3) is 0 Å². The van der Waals surface area contributed by atoms with Gasteiger partial charge in [-0.15, -0.1) is 0 Å². The molecule has 0 aromatic heterocycles. The van der Waals surface area contributed by atoms with E-state index in [1.54, 1.807) is 13.8 Å². The number of esters is 1. The molecule has 5 heteroatoms. The average molecular weight is 652 g/mol. The van der Waals surface area contributed by atoms with Crippen LogP contribution in [-0.2, 0) is 14.3 Å². The lowest BCUT2D eigenvalue weighted by molar-refractivity contribution is -0.250. The average Bonchev–Trinajstić information content (AvgIpc) is 3.38. The Morgan fingerprint density at radius 3 is 2.21 bits per heavy atom. The van der Waals surface area contributed by atoms with Crippen LogP contribution in [0.5, 0.6) is 0 Å². The minimum Gasteiger partial charge on any atom is -0.481 e. The lowest BCUT2D eigenvalue weighted by Crippen LogP contribution is -2.66. The maximum Gasteiger partial charge on any atom is 0.309 e. The van der Waals surface area contributed by atoms with Crippen molar-refractivity contribution < 1.29 is 19.4 Å². The summed E-state index contributed by atoms with van der Waals surface area (Å²) in [6.07, 6.45) is 18.0. The summed E-state index contributed by atoms with van der Waals surface area (Å²) in [5.41, 5.74) is 1.57. The minimum absolute atomic E-state index is 0.0802. The zero-order chi connectivity index (χ0) is 34.2. The molecule has 0 aromatic rings. The van der Waals surface area contributed by atoms with Crippen LogP contribution in [0.2, 0.25) is 0 Å². The molecule has 1 saturated heterocycles. The summed E-state index contributed by atoms with van der Waals surface area (Å²) in [5.74, 6) is 2.12. The SMILES string of the molecule is C=C(C)[C@@H]1CC[C@]2(CCN3CCCCC3)CC[C@]3(C)[C@H](CCC4[C@@]5(C)CC[C@H](OC(=O)CC(C)(C)C(=O)O)C(C)(C)C5CC[C@]43C)[C@@H]12. The fraction of sp³-hybridized carbons (Fsp3) is 0.905. The Morgan fingerprint density at radius 1 is 0.851 bits per heavy atom. The number of carbonyl (C=O) groups excluding carboxylic acids is 1. The summed E-state index contributed by atoms with van der Waals surface area (Å²) in [4.78, 5) is 27.6. The Labute approximate surface area is 287 Å². The second kappa shape index (κ2) is 12.2. The molecule has 6 aliphatic rings. The first-order valence-electron chi connectivity index (χ1n) is 19.7. The van der Waals surface area contributed by atoms with Gasteiger partial charge in [0.05, 0.1) is 11.8 Å². The molecule has 6 fully saturated rings. The summed E-state index contributed by atoms with van der Waals surface area (Å²) in [6.45, 7) is 26.9. The molecule has 2 unspecified atom stereocenters. The van der Waals surface area contributed by atoms with E-state index in [2.05, 4.69) is 53.0 Å². The molecule has 0 radical (unpaired) electrons. The van der Waals surface area contributed by atoms with Crippen molar-refractivity contribution in [1.29, 1.82) is 0 Å². The molecule has 5 nitrogen and oxygen atoms in total. The van der Waals surface area contributed by atoms with E-state index in [-0.39, 0.29) is 29.3 Å². The van der Waals surface area contributed by atoms with E-state index in [1.165, 1.54) is 102 Å². The van der Waals surface area contributed by atoms with Crippen molar-refractivity contribution in [2.24, 2.45) is 62.1 Å². The topological polar surface area (TPSA) is 66.8 Å². The maximum absolute atomic E-state index is 13.1. The Kier molecular flexibility index (Phi) is 9.17. The van der Waals surface area contributed by atoms with E-state index in [4.69, 9.17) is 4.74 Å². The molecule has 0 bridgehead atoms. The van der Waals surface area contributed by atoms with Crippen molar-refractivity contribution in [3.8, 4) is 0 Å². The molecule has 0 aromatic carbocycles. The molecule has 5 saturated carbocycles. The van der Waals surface area contributed by atoms with Crippen LogP contribution in [0.1, 0.15) is 152 Å². The summed E-state index contributed by atoms with van der Waals surface area (Å²) >= 11 is 0. The number of likely N-dealkylation sites (tertiary alicyclic amines) is 1. The molecular weight excluding hydrogens is 582 g/mol. The van der Waals surface area contributed by atoms with Crippen molar-refractivity contribution >= 4 is 11.9 Å². The molecule has 10 atom stereocenters. The van der Waals surface area contributed by atoms with Gasteiger partial charge in [-0.05, 0) is 175 Å². The van der Waals surface area contributed by atoms with Crippen molar-refractivity contribution in [2.45, 2.75) is 158 Å². The normalized spacial score (nSPS) is 44.8. The van der Waals surface area contributed by atoms with Crippen LogP contribution in [0, 0.1) is 62.1 Å². The Bertz CT molecular complexity index is 1230. The summed E-state index contributed by atoms with van der Waals surface area (Å²) < 4.78 is 6.20. The van der Waals surface area contributed by atoms with Gasteiger partial charge in [0.1, 0.15) is 6.10 Å². The van der Waals surface area contributed by atoms with Gasteiger partial charge in [0.2, 0.25) is 0 Å². The van der Waals surface area contributed by atoms with Crippen LogP contribution in [0.3, 0.4) is 0 Å². The highest BCUT2D eigenvalue weighted by atomic mass is 16.5. The van der Waals surface area contributed by atoms with Crippen LogP contribution >= 0.6 is 0 Å². The van der Waals surface area contributed by atoms with Crippen molar-refractivity contribution in [3.63, 3.8) is 0 Å². The van der Waals surface area contributed by atoms with Crippen LogP contribution in [0.15, 0.2) is 12.2 Å². The lowest BCUT2D eigenvalue weighted by Gasteiger charge is -2.73. The number of carbonyl (C=O) groups is 2. The lowest BCUT2D eigenvalue weighted by atomic mass is 9.32. The second-order valence-corrected chi connectivity index (χ2v) is 19.9. The molecule has 0 spiro atoms. The first kappa shape index (κ1) is 35.5. The number of aliphatic carboxylic acids is 1. The van der Waals surface area contributed by atoms with Gasteiger partial charge in [-0.3, -0.25) is 9.59 Å². The Hall–Kier alpha value is -1.36. The first-order chi connectivity index (χ1) is 21.9. The number of piperidine rings is 1. The highest BCUT2D eigenvalue weighted by Crippen LogP contribution is 2.78. The van der Waals surface area contributed by atoms with E-state index < -0.39 is 11.4 Å². The second-order valence-electron chi connectivity index (χ2n) is 19.9. The third-order valence-electron chi connectivity index (χ3n) is 17.0. The number of carboxylic acid groups (broad SMARTS) is 1. The molecule has 1 aliphatic heterocycles. The Morgan fingerprint density at radius 2 is 1.55 bits per heavy atom. The van der Waals surface area contributed by atoms with E-state index >= 15 is 0 Å². The van der Waals surface area contributed by atoms with Crippen LogP contribution in [-0.4, -0.2) is 47.7 Å². The molecule has 5 aliphatic carbocycles. The summed E-state index contributed by atoms with van der Waals surface area (Å²) in [6, 6.07) is 0. The highest BCUT2D eigenvalue weighted by molar-refractivity contribution is 5.81. The maximum atomic E-state index is 13.1. The zero-order valence-electron chi connectivity index (χ0n) is 31.5. The van der Waals surface area contributed by atoms with Gasteiger partial charge in [0, 0.05) is 5.41 Å². The van der Waals surface area contributed by atoms with Crippen LogP contribution in [0.4, 0.5) is 0 Å². The predicted molar refractivity (Wildman–Crippen MR) is 190 cm³/mol. The number of ether oxygens (including phenoxy) is 1. The molecule has 6 rings (SSSR count). The number of nitrogens with zero attached hydrogens (tertiary/aromatic N) is 1. The van der Waals surface area contributed by atoms with Gasteiger partial charge >= 0.3 is 11.9 Å². The summed E-state index contributed by atoms with van der Waals surface area (Å²) in [7, 11) is 0. The van der Waals surface area contributed by atoms with Crippen molar-refractivity contribution in [3.05, 3.63) is 12.2 Å².